The summed E-state index contributed by atoms with van der Waals surface area (Å²) in [6.07, 6.45) is -11.7. The van der Waals surface area contributed by atoms with Gasteiger partial charge in [0.05, 0.1) is 31.0 Å². The summed E-state index contributed by atoms with van der Waals surface area (Å²) in [5, 5.41) is 96.2. The van der Waals surface area contributed by atoms with Crippen LogP contribution in [0.25, 0.3) is 0 Å². The third kappa shape index (κ3) is 7.60. The van der Waals surface area contributed by atoms with E-state index in [2.05, 4.69) is 13.8 Å². The maximum atomic E-state index is 12.6. The van der Waals surface area contributed by atoms with Gasteiger partial charge in [-0.15, -0.1) is 0 Å². The van der Waals surface area contributed by atoms with E-state index in [0.29, 0.717) is 18.4 Å². The average molecular weight is 859 g/mol. The number of methoxy groups -OCH3 is 1. The molecule has 23 atom stereocenters. The van der Waals surface area contributed by atoms with Crippen LogP contribution in [0.5, 0.6) is 0 Å². The zero-order chi connectivity index (χ0) is 43.1. The molecule has 0 aromatic rings. The van der Waals surface area contributed by atoms with Crippen molar-refractivity contribution in [2.75, 3.05) is 26.9 Å². The molecule has 4 heterocycles. The molecule has 18 nitrogen and oxygen atoms in total. The summed E-state index contributed by atoms with van der Waals surface area (Å²) in [7, 11) is 1.40. The molecule has 9 N–H and O–H groups in total. The quantitative estimate of drug-likeness (QED) is 0.0918. The van der Waals surface area contributed by atoms with E-state index in [4.69, 9.17) is 37.9 Å². The third-order valence-corrected chi connectivity index (χ3v) is 16.5. The van der Waals surface area contributed by atoms with Gasteiger partial charge in [-0.1, -0.05) is 13.8 Å². The molecule has 0 unspecified atom stereocenters. The van der Waals surface area contributed by atoms with Gasteiger partial charge in [0.1, 0.15) is 73.8 Å². The van der Waals surface area contributed by atoms with Crippen LogP contribution < -0.4 is 0 Å². The van der Waals surface area contributed by atoms with E-state index in [1.165, 1.54) is 7.11 Å². The summed E-state index contributed by atoms with van der Waals surface area (Å²) in [6, 6.07) is 0. The molecule has 4 aliphatic carbocycles. The Morgan fingerprint density at radius 2 is 1.40 bits per heavy atom. The summed E-state index contributed by atoms with van der Waals surface area (Å²) >= 11 is 0. The van der Waals surface area contributed by atoms with Crippen LogP contribution in [0.1, 0.15) is 78.6 Å². The molecule has 4 aliphatic heterocycles. The van der Waals surface area contributed by atoms with Crippen LogP contribution in [0.2, 0.25) is 0 Å². The van der Waals surface area contributed by atoms with Crippen molar-refractivity contribution in [3.05, 3.63) is 11.6 Å². The number of ether oxygens (including phenoxy) is 8. The number of aliphatic hydroxyl groups excluding tert-OH is 8. The maximum Gasteiger partial charge on any atom is 0.331 e. The molecule has 0 amide bonds. The molecule has 0 radical (unpaired) electrons. The third-order valence-electron chi connectivity index (χ3n) is 16.5. The highest BCUT2D eigenvalue weighted by Crippen LogP contribution is 2.70. The van der Waals surface area contributed by atoms with Crippen molar-refractivity contribution >= 4 is 5.97 Å². The average Bonchev–Trinajstić information content (AvgIpc) is 3.77. The number of hydrogen-bond donors (Lipinski definition) is 9. The molecule has 3 saturated heterocycles. The van der Waals surface area contributed by atoms with Crippen molar-refractivity contribution in [2.24, 2.45) is 34.5 Å². The second kappa shape index (κ2) is 17.2. The van der Waals surface area contributed by atoms with Crippen molar-refractivity contribution in [2.45, 2.75) is 182 Å². The van der Waals surface area contributed by atoms with Crippen LogP contribution in [0.4, 0.5) is 0 Å². The Bertz CT molecular complexity index is 1570. The SMILES string of the molecule is CO[C@@H]1[C@@H](O)[C@H](O[C@H]2CC[C@@]3(C)[C@H](CC[C@@H]4[C@@H]3CC[C@]3(C)[C@H](C5=CC(=O)OC5)CC[C@]43O)C2)O[C@H](C)[C@@H]1O[C@@H]1O[C@H](COC[C@H]2O[C@@H](O)[C@H](O)[C@@H](O)[C@@H]2O)[C@@H](O)[C@H](O)[C@H]1O. The Hall–Kier alpha value is -1.43. The Morgan fingerprint density at radius 1 is 0.717 bits per heavy atom. The fraction of sp³-hybridized carbons (Fsp3) is 0.929. The van der Waals surface area contributed by atoms with E-state index >= 15 is 0 Å². The summed E-state index contributed by atoms with van der Waals surface area (Å²) in [5.41, 5.74) is -0.0732. The first kappa shape index (κ1) is 45.1. The Kier molecular flexibility index (Phi) is 12.9. The highest BCUT2D eigenvalue weighted by Gasteiger charge is 2.68. The Morgan fingerprint density at radius 3 is 2.08 bits per heavy atom. The molecule has 4 saturated carbocycles. The lowest BCUT2D eigenvalue weighted by Gasteiger charge is -2.64. The fourth-order valence-electron chi connectivity index (χ4n) is 12.9. The molecular formula is C42H66O18. The number of carbonyl (C=O) groups is 1. The zero-order valence-electron chi connectivity index (χ0n) is 34.8. The van der Waals surface area contributed by atoms with Crippen LogP contribution >= 0.6 is 0 Å². The van der Waals surface area contributed by atoms with Crippen molar-refractivity contribution in [3.8, 4) is 0 Å². The summed E-state index contributed by atoms with van der Waals surface area (Å²) < 4.78 is 46.4. The number of cyclic esters (lactones) is 1. The van der Waals surface area contributed by atoms with Crippen LogP contribution in [-0.2, 0) is 42.7 Å². The molecule has 18 heteroatoms. The van der Waals surface area contributed by atoms with Crippen molar-refractivity contribution in [1.82, 2.24) is 0 Å². The summed E-state index contributed by atoms with van der Waals surface area (Å²) in [4.78, 5) is 12.0. The molecular weight excluding hydrogens is 792 g/mol. The molecule has 342 valence electrons. The predicted octanol–water partition coefficient (Wildman–Crippen LogP) is -1.24. The zero-order valence-corrected chi connectivity index (χ0v) is 34.8. The maximum absolute atomic E-state index is 12.6. The van der Waals surface area contributed by atoms with Gasteiger partial charge in [-0.05, 0) is 99.4 Å². The summed E-state index contributed by atoms with van der Waals surface area (Å²) in [5.74, 6) is 0.740. The second-order valence-corrected chi connectivity index (χ2v) is 19.4. The van der Waals surface area contributed by atoms with Gasteiger partial charge in [-0.3, -0.25) is 0 Å². The van der Waals surface area contributed by atoms with Crippen LogP contribution in [0.3, 0.4) is 0 Å². The first-order chi connectivity index (χ1) is 28.4. The van der Waals surface area contributed by atoms with Crippen LogP contribution in [-0.4, -0.2) is 183 Å². The molecule has 7 fully saturated rings. The van der Waals surface area contributed by atoms with Gasteiger partial charge in [-0.25, -0.2) is 4.79 Å². The molecule has 0 bridgehead atoms. The lowest BCUT2D eigenvalue weighted by Crippen LogP contribution is -2.64. The molecule has 8 aliphatic rings. The first-order valence-corrected chi connectivity index (χ1v) is 21.8. The van der Waals surface area contributed by atoms with Gasteiger partial charge in [-0.2, -0.15) is 0 Å². The lowest BCUT2D eigenvalue weighted by molar-refractivity contribution is -0.363. The van der Waals surface area contributed by atoms with E-state index in [9.17, 15) is 50.8 Å². The number of aliphatic hydroxyl groups is 9. The van der Waals surface area contributed by atoms with E-state index < -0.39 is 111 Å². The van der Waals surface area contributed by atoms with Gasteiger partial charge >= 0.3 is 5.97 Å². The number of esters is 1. The van der Waals surface area contributed by atoms with E-state index in [1.807, 2.05) is 0 Å². The number of fused-ring (bicyclic) bond motifs is 5. The Labute approximate surface area is 349 Å². The molecule has 0 spiro atoms. The van der Waals surface area contributed by atoms with E-state index in [-0.39, 0.29) is 34.7 Å². The van der Waals surface area contributed by atoms with E-state index in [0.717, 1.165) is 63.4 Å². The lowest BCUT2D eigenvalue weighted by atomic mass is 9.43. The highest BCUT2D eigenvalue weighted by atomic mass is 16.7. The van der Waals surface area contributed by atoms with Crippen molar-refractivity contribution < 1.29 is 88.6 Å². The minimum absolute atomic E-state index is 0.0122. The fourth-order valence-corrected chi connectivity index (χ4v) is 12.9. The number of hydrogen-bond acceptors (Lipinski definition) is 18. The first-order valence-electron chi connectivity index (χ1n) is 21.8. The number of carbonyl (C=O) groups excluding carboxylic acids is 1. The minimum Gasteiger partial charge on any atom is -0.458 e. The van der Waals surface area contributed by atoms with Crippen molar-refractivity contribution in [1.29, 1.82) is 0 Å². The minimum atomic E-state index is -1.77. The summed E-state index contributed by atoms with van der Waals surface area (Å²) in [6.45, 7) is 5.86. The van der Waals surface area contributed by atoms with Gasteiger partial charge in [0.25, 0.3) is 0 Å². The monoisotopic (exact) mass is 858 g/mol. The smallest absolute Gasteiger partial charge is 0.331 e. The molecule has 8 rings (SSSR count). The normalized spacial score (nSPS) is 54.4. The molecule has 0 aromatic heterocycles. The second-order valence-electron chi connectivity index (χ2n) is 19.4. The topological polar surface area (TPSA) is 273 Å². The standard InChI is InChI=1S/C42H66O18/c1-18-35(60-38-33(49)31(47)29(45)26(59-38)17-54-16-25-28(44)30(46)32(48)37(51)58-25)36(53-4)34(50)39(56-18)57-21-7-10-40(2)20(14-21)5-6-24-23(40)8-11-41(3)22(9-12-42(24,41)52)19-13-27(43)55-15-19/h13,18,20-26,28-39,44-52H,5-12,14-17H2,1-4H3/t18-,20-,21+,22+,23+,24-,25-,26-,28-,29-,30+,31+,32-,33-,34-,35+,36-,37-,38+,39+,40+,41-,42+/m1/s1. The Balaban J connectivity index is 0.862. The number of rotatable bonds is 10. The predicted molar refractivity (Wildman–Crippen MR) is 203 cm³/mol. The van der Waals surface area contributed by atoms with Crippen LogP contribution in [0, 0.1) is 34.5 Å². The van der Waals surface area contributed by atoms with Gasteiger partial charge in [0.2, 0.25) is 0 Å². The van der Waals surface area contributed by atoms with Gasteiger partial charge < -0.3 is 83.9 Å². The van der Waals surface area contributed by atoms with Crippen molar-refractivity contribution in [3.63, 3.8) is 0 Å². The van der Waals surface area contributed by atoms with Crippen LogP contribution in [0.15, 0.2) is 11.6 Å². The highest BCUT2D eigenvalue weighted by molar-refractivity contribution is 5.85. The largest absolute Gasteiger partial charge is 0.458 e. The molecule has 0 aromatic carbocycles. The molecule has 60 heavy (non-hydrogen) atoms. The van der Waals surface area contributed by atoms with Gasteiger partial charge in [0.15, 0.2) is 18.9 Å². The van der Waals surface area contributed by atoms with E-state index in [1.54, 1.807) is 13.0 Å². The van der Waals surface area contributed by atoms with Gasteiger partial charge in [0, 0.05) is 18.6 Å².